The van der Waals surface area contributed by atoms with Gasteiger partial charge in [0.1, 0.15) is 0 Å². The molecule has 0 saturated heterocycles. The Bertz CT molecular complexity index is 487. The average Bonchev–Trinajstić information content (AvgIpc) is 2.82. The number of aromatic nitrogens is 4. The van der Waals surface area contributed by atoms with Gasteiger partial charge in [-0.15, -0.1) is 0 Å². The molecule has 4 heteroatoms. The Hall–Kier alpha value is -1.58. The minimum absolute atomic E-state index is 0.0971. The van der Waals surface area contributed by atoms with Crippen LogP contribution in [0.2, 0.25) is 0 Å². The van der Waals surface area contributed by atoms with E-state index in [1.54, 1.807) is 0 Å². The zero-order valence-corrected chi connectivity index (χ0v) is 11.0. The van der Waals surface area contributed by atoms with Gasteiger partial charge in [-0.05, 0) is 12.5 Å². The van der Waals surface area contributed by atoms with E-state index in [4.69, 9.17) is 0 Å². The Morgan fingerprint density at radius 1 is 1.24 bits per heavy atom. The smallest absolute Gasteiger partial charge is 0.0958 e. The van der Waals surface area contributed by atoms with Crippen molar-refractivity contribution in [2.45, 2.75) is 46.0 Å². The molecule has 0 aromatic carbocycles. The number of nitrogens with one attached hydrogen (secondary N) is 2. The Morgan fingerprint density at radius 3 is 2.59 bits per heavy atom. The molecule has 0 aliphatic rings. The second-order valence-corrected chi connectivity index (χ2v) is 5.43. The highest BCUT2D eigenvalue weighted by Crippen LogP contribution is 2.26. The molecule has 0 aliphatic heterocycles. The highest BCUT2D eigenvalue weighted by atomic mass is 15.1. The summed E-state index contributed by atoms with van der Waals surface area (Å²) in [7, 11) is 0. The van der Waals surface area contributed by atoms with Gasteiger partial charge in [0.15, 0.2) is 0 Å². The van der Waals surface area contributed by atoms with Crippen LogP contribution in [0.1, 0.15) is 45.5 Å². The van der Waals surface area contributed by atoms with E-state index in [1.165, 1.54) is 5.69 Å². The van der Waals surface area contributed by atoms with Crippen molar-refractivity contribution in [3.8, 4) is 11.3 Å². The van der Waals surface area contributed by atoms with Crippen LogP contribution in [-0.4, -0.2) is 20.4 Å². The Balaban J connectivity index is 2.34. The van der Waals surface area contributed by atoms with Crippen molar-refractivity contribution in [1.29, 1.82) is 0 Å². The van der Waals surface area contributed by atoms with Crippen molar-refractivity contribution in [3.05, 3.63) is 23.7 Å². The molecule has 92 valence electrons. The lowest BCUT2D eigenvalue weighted by atomic mass is 9.92. The van der Waals surface area contributed by atoms with E-state index < -0.39 is 0 Å². The zero-order chi connectivity index (χ0) is 12.5. The van der Waals surface area contributed by atoms with Gasteiger partial charge in [0.05, 0.1) is 11.9 Å². The molecule has 0 amide bonds. The molecule has 0 atom stereocenters. The number of nitrogens with zero attached hydrogens (tertiary/aromatic N) is 2. The third-order valence-corrected chi connectivity index (χ3v) is 2.88. The van der Waals surface area contributed by atoms with Crippen LogP contribution in [0.4, 0.5) is 0 Å². The molecular weight excluding hydrogens is 212 g/mol. The molecule has 0 spiro atoms. The maximum atomic E-state index is 4.38. The summed E-state index contributed by atoms with van der Waals surface area (Å²) in [6.07, 6.45) is 3.96. The van der Waals surface area contributed by atoms with Crippen LogP contribution in [0.3, 0.4) is 0 Å². The van der Waals surface area contributed by atoms with Crippen molar-refractivity contribution in [1.82, 2.24) is 20.4 Å². The molecule has 2 aromatic rings. The van der Waals surface area contributed by atoms with Crippen molar-refractivity contribution in [2.24, 2.45) is 0 Å². The van der Waals surface area contributed by atoms with E-state index in [2.05, 4.69) is 54.2 Å². The van der Waals surface area contributed by atoms with Gasteiger partial charge in [-0.2, -0.15) is 10.2 Å². The quantitative estimate of drug-likeness (QED) is 0.854. The van der Waals surface area contributed by atoms with E-state index >= 15 is 0 Å². The fourth-order valence-corrected chi connectivity index (χ4v) is 1.82. The summed E-state index contributed by atoms with van der Waals surface area (Å²) < 4.78 is 0. The first kappa shape index (κ1) is 11.9. The summed E-state index contributed by atoms with van der Waals surface area (Å²) in [4.78, 5) is 0. The van der Waals surface area contributed by atoms with Crippen LogP contribution in [0.5, 0.6) is 0 Å². The first-order chi connectivity index (χ1) is 8.02. The molecule has 0 unspecified atom stereocenters. The van der Waals surface area contributed by atoms with Crippen LogP contribution in [-0.2, 0) is 11.8 Å². The first-order valence-corrected chi connectivity index (χ1v) is 6.11. The normalized spacial score (nSPS) is 12.0. The summed E-state index contributed by atoms with van der Waals surface area (Å²) in [5, 5.41) is 14.7. The number of rotatable bonds is 3. The third kappa shape index (κ3) is 2.40. The lowest BCUT2D eigenvalue weighted by molar-refractivity contribution is 0.567. The number of hydrogen-bond donors (Lipinski definition) is 2. The number of H-pyrrole nitrogens is 2. The van der Waals surface area contributed by atoms with Crippen LogP contribution in [0.25, 0.3) is 11.3 Å². The van der Waals surface area contributed by atoms with Gasteiger partial charge in [-0.3, -0.25) is 10.2 Å². The maximum Gasteiger partial charge on any atom is 0.0958 e. The van der Waals surface area contributed by atoms with Crippen molar-refractivity contribution >= 4 is 0 Å². The van der Waals surface area contributed by atoms with Crippen molar-refractivity contribution in [3.63, 3.8) is 0 Å². The largest absolute Gasteiger partial charge is 0.282 e. The first-order valence-electron chi connectivity index (χ1n) is 6.11. The van der Waals surface area contributed by atoms with E-state index in [0.29, 0.717) is 0 Å². The van der Waals surface area contributed by atoms with Gasteiger partial charge in [0, 0.05) is 22.4 Å². The minimum Gasteiger partial charge on any atom is -0.282 e. The Labute approximate surface area is 102 Å². The summed E-state index contributed by atoms with van der Waals surface area (Å²) >= 11 is 0. The summed E-state index contributed by atoms with van der Waals surface area (Å²) in [5.41, 5.74) is 4.50. The van der Waals surface area contributed by atoms with Gasteiger partial charge >= 0.3 is 0 Å². The summed E-state index contributed by atoms with van der Waals surface area (Å²) in [6, 6.07) is 2.12. The lowest BCUT2D eigenvalue weighted by Crippen LogP contribution is -2.11. The number of hydrogen-bond acceptors (Lipinski definition) is 2. The van der Waals surface area contributed by atoms with Gasteiger partial charge in [0.2, 0.25) is 0 Å². The zero-order valence-electron chi connectivity index (χ0n) is 11.0. The summed E-state index contributed by atoms with van der Waals surface area (Å²) in [5.74, 6) is 0. The van der Waals surface area contributed by atoms with Crippen LogP contribution in [0.15, 0.2) is 12.3 Å². The molecule has 2 N–H and O–H groups in total. The van der Waals surface area contributed by atoms with E-state index in [9.17, 15) is 0 Å². The van der Waals surface area contributed by atoms with Crippen LogP contribution >= 0.6 is 0 Å². The van der Waals surface area contributed by atoms with Gasteiger partial charge in [-0.25, -0.2) is 0 Å². The second kappa shape index (κ2) is 4.35. The van der Waals surface area contributed by atoms with E-state index in [1.807, 2.05) is 6.20 Å². The fourth-order valence-electron chi connectivity index (χ4n) is 1.82. The SMILES string of the molecule is CCCc1[nH]ncc1-c1cc(C(C)(C)C)[nH]n1. The molecule has 2 aromatic heterocycles. The van der Waals surface area contributed by atoms with Gasteiger partial charge in [0.25, 0.3) is 0 Å². The van der Waals surface area contributed by atoms with Crippen LogP contribution in [0, 0.1) is 0 Å². The lowest BCUT2D eigenvalue weighted by Gasteiger charge is -2.14. The maximum absolute atomic E-state index is 4.38. The molecule has 4 nitrogen and oxygen atoms in total. The summed E-state index contributed by atoms with van der Waals surface area (Å²) in [6.45, 7) is 8.68. The predicted octanol–water partition coefficient (Wildman–Crippen LogP) is 3.05. The standard InChI is InChI=1S/C13H20N4/c1-5-6-10-9(8-14-15-10)11-7-12(17-16-11)13(2,3)4/h7-8H,5-6H2,1-4H3,(H,14,15)(H,16,17). The second-order valence-electron chi connectivity index (χ2n) is 5.43. The highest BCUT2D eigenvalue weighted by molar-refractivity contribution is 5.61. The van der Waals surface area contributed by atoms with Crippen molar-refractivity contribution < 1.29 is 0 Å². The fraction of sp³-hybridized carbons (Fsp3) is 0.538. The topological polar surface area (TPSA) is 57.4 Å². The molecule has 2 heterocycles. The molecule has 0 saturated carbocycles. The van der Waals surface area contributed by atoms with Gasteiger partial charge < -0.3 is 0 Å². The monoisotopic (exact) mass is 232 g/mol. The predicted molar refractivity (Wildman–Crippen MR) is 68.9 cm³/mol. The Morgan fingerprint density at radius 2 is 2.00 bits per heavy atom. The molecule has 0 aliphatic carbocycles. The van der Waals surface area contributed by atoms with Crippen molar-refractivity contribution in [2.75, 3.05) is 0 Å². The Kier molecular flexibility index (Phi) is 3.05. The van der Waals surface area contributed by atoms with E-state index in [0.717, 1.165) is 29.8 Å². The molecule has 0 fully saturated rings. The number of aromatic amines is 2. The molecule has 0 bridgehead atoms. The van der Waals surface area contributed by atoms with E-state index in [-0.39, 0.29) is 5.41 Å². The molecule has 17 heavy (non-hydrogen) atoms. The highest BCUT2D eigenvalue weighted by Gasteiger charge is 2.18. The molecule has 0 radical (unpaired) electrons. The average molecular weight is 232 g/mol. The van der Waals surface area contributed by atoms with Crippen LogP contribution < -0.4 is 0 Å². The minimum atomic E-state index is 0.0971. The van der Waals surface area contributed by atoms with Gasteiger partial charge in [-0.1, -0.05) is 34.1 Å². The third-order valence-electron chi connectivity index (χ3n) is 2.88. The molecular formula is C13H20N4. The molecule has 2 rings (SSSR count). The number of aryl methyl sites for hydroxylation is 1.